The molecule has 0 saturated carbocycles. The molecule has 0 aromatic carbocycles. The molecular formula is C13H22N2OS. The Morgan fingerprint density at radius 2 is 2.12 bits per heavy atom. The average molecular weight is 254 g/mol. The quantitative estimate of drug-likeness (QED) is 0.695. The van der Waals surface area contributed by atoms with Crippen LogP contribution in [0.15, 0.2) is 0 Å². The fraction of sp³-hybridized carbons (Fsp3) is 0.692. The first-order valence-electron chi connectivity index (χ1n) is 6.34. The summed E-state index contributed by atoms with van der Waals surface area (Å²) in [4.78, 5) is 18.7. The number of aromatic nitrogens is 1. The predicted molar refractivity (Wildman–Crippen MR) is 74.4 cm³/mol. The van der Waals surface area contributed by atoms with E-state index in [1.807, 2.05) is 0 Å². The number of hydrogen-bond acceptors (Lipinski definition) is 4. The molecule has 0 radical (unpaired) electrons. The minimum Gasteiger partial charge on any atom is -0.348 e. The second-order valence-electron chi connectivity index (χ2n) is 4.45. The van der Waals surface area contributed by atoms with Gasteiger partial charge < -0.3 is 4.90 Å². The number of thiazole rings is 1. The number of rotatable bonds is 7. The molecule has 17 heavy (non-hydrogen) atoms. The molecular weight excluding hydrogens is 232 g/mol. The number of unbranched alkanes of at least 4 members (excludes halogenated alkanes) is 1. The van der Waals surface area contributed by atoms with Gasteiger partial charge in [0.2, 0.25) is 0 Å². The Hall–Kier alpha value is -0.900. The van der Waals surface area contributed by atoms with E-state index in [2.05, 4.69) is 37.6 Å². The van der Waals surface area contributed by atoms with Crippen LogP contribution >= 0.6 is 11.3 Å². The first kappa shape index (κ1) is 14.2. The predicted octanol–water partition coefficient (Wildman–Crippen LogP) is 3.71. The van der Waals surface area contributed by atoms with Crippen LogP contribution in [0.2, 0.25) is 0 Å². The van der Waals surface area contributed by atoms with Crippen molar-refractivity contribution < 1.29 is 4.79 Å². The van der Waals surface area contributed by atoms with Gasteiger partial charge in [-0.25, -0.2) is 4.98 Å². The van der Waals surface area contributed by atoms with Gasteiger partial charge in [-0.3, -0.25) is 4.79 Å². The zero-order valence-corrected chi connectivity index (χ0v) is 12.0. The van der Waals surface area contributed by atoms with Gasteiger partial charge in [0.15, 0.2) is 11.4 Å². The average Bonchev–Trinajstić information content (AvgIpc) is 2.74. The first-order valence-corrected chi connectivity index (χ1v) is 7.16. The molecule has 0 spiro atoms. The van der Waals surface area contributed by atoms with Crippen LogP contribution in [0.5, 0.6) is 0 Å². The second kappa shape index (κ2) is 6.74. The Labute approximate surface area is 108 Å². The number of aldehydes is 1. The van der Waals surface area contributed by atoms with Crippen molar-refractivity contribution in [3.63, 3.8) is 0 Å². The normalized spacial score (nSPS) is 10.9. The summed E-state index contributed by atoms with van der Waals surface area (Å²) in [5.41, 5.74) is 0.940. The summed E-state index contributed by atoms with van der Waals surface area (Å²) in [7, 11) is 0. The molecule has 4 heteroatoms. The van der Waals surface area contributed by atoms with Gasteiger partial charge in [0, 0.05) is 13.1 Å². The number of carbonyl (C=O) groups is 1. The van der Waals surface area contributed by atoms with Crippen LogP contribution in [0.3, 0.4) is 0 Å². The van der Waals surface area contributed by atoms with Gasteiger partial charge in [-0.05, 0) is 19.3 Å². The van der Waals surface area contributed by atoms with E-state index in [0.717, 1.165) is 35.1 Å². The summed E-state index contributed by atoms with van der Waals surface area (Å²) in [6.07, 6.45) is 3.28. The third kappa shape index (κ3) is 3.53. The summed E-state index contributed by atoms with van der Waals surface area (Å²) in [5, 5.41) is 0.992. The zero-order chi connectivity index (χ0) is 12.8. The van der Waals surface area contributed by atoms with Crippen molar-refractivity contribution in [1.82, 2.24) is 4.98 Å². The third-order valence-electron chi connectivity index (χ3n) is 2.76. The standard InChI is InChI=1S/C13H22N2OS/c1-5-7-8-15(6-2)13-14-12(10(3)4)11(9-16)17-13/h9-10H,5-8H2,1-4H3. The van der Waals surface area contributed by atoms with Crippen molar-refractivity contribution in [3.8, 4) is 0 Å². The minimum absolute atomic E-state index is 0.310. The summed E-state index contributed by atoms with van der Waals surface area (Å²) >= 11 is 1.52. The van der Waals surface area contributed by atoms with Gasteiger partial charge in [-0.15, -0.1) is 0 Å². The molecule has 0 N–H and O–H groups in total. The van der Waals surface area contributed by atoms with E-state index in [1.165, 1.54) is 24.2 Å². The molecule has 1 heterocycles. The molecule has 0 atom stereocenters. The van der Waals surface area contributed by atoms with E-state index < -0.39 is 0 Å². The van der Waals surface area contributed by atoms with Crippen molar-refractivity contribution in [2.45, 2.75) is 46.5 Å². The summed E-state index contributed by atoms with van der Waals surface area (Å²) in [6, 6.07) is 0. The van der Waals surface area contributed by atoms with Crippen LogP contribution < -0.4 is 4.90 Å². The van der Waals surface area contributed by atoms with Gasteiger partial charge >= 0.3 is 0 Å². The van der Waals surface area contributed by atoms with E-state index in [0.29, 0.717) is 5.92 Å². The summed E-state index contributed by atoms with van der Waals surface area (Å²) in [5.74, 6) is 0.310. The van der Waals surface area contributed by atoms with Crippen LogP contribution in [-0.2, 0) is 0 Å². The van der Waals surface area contributed by atoms with Crippen molar-refractivity contribution in [3.05, 3.63) is 10.6 Å². The van der Waals surface area contributed by atoms with E-state index >= 15 is 0 Å². The number of anilines is 1. The van der Waals surface area contributed by atoms with Crippen LogP contribution in [-0.4, -0.2) is 24.4 Å². The molecule has 0 saturated heterocycles. The van der Waals surface area contributed by atoms with Crippen molar-refractivity contribution >= 4 is 22.8 Å². The van der Waals surface area contributed by atoms with Crippen LogP contribution in [0.25, 0.3) is 0 Å². The van der Waals surface area contributed by atoms with E-state index in [-0.39, 0.29) is 0 Å². The van der Waals surface area contributed by atoms with Crippen molar-refractivity contribution in [2.24, 2.45) is 0 Å². The third-order valence-corrected chi connectivity index (χ3v) is 3.81. The van der Waals surface area contributed by atoms with Crippen LogP contribution in [0.1, 0.15) is 61.8 Å². The lowest BCUT2D eigenvalue weighted by molar-refractivity contribution is 0.112. The maximum absolute atomic E-state index is 11.0. The zero-order valence-electron chi connectivity index (χ0n) is 11.2. The largest absolute Gasteiger partial charge is 0.348 e. The van der Waals surface area contributed by atoms with Gasteiger partial charge in [-0.1, -0.05) is 38.5 Å². The lowest BCUT2D eigenvalue weighted by atomic mass is 10.1. The van der Waals surface area contributed by atoms with Crippen LogP contribution in [0.4, 0.5) is 5.13 Å². The molecule has 1 aromatic heterocycles. The number of nitrogens with zero attached hydrogens (tertiary/aromatic N) is 2. The van der Waals surface area contributed by atoms with Gasteiger partial charge in [0.25, 0.3) is 0 Å². The molecule has 0 unspecified atom stereocenters. The lowest BCUT2D eigenvalue weighted by Gasteiger charge is -2.19. The highest BCUT2D eigenvalue weighted by molar-refractivity contribution is 7.17. The molecule has 0 fully saturated rings. The van der Waals surface area contributed by atoms with Crippen molar-refractivity contribution in [2.75, 3.05) is 18.0 Å². The Bertz CT molecular complexity index is 360. The SMILES string of the molecule is CCCCN(CC)c1nc(C(C)C)c(C=O)s1. The Morgan fingerprint density at radius 1 is 1.41 bits per heavy atom. The van der Waals surface area contributed by atoms with Gasteiger partial charge in [0.1, 0.15) is 0 Å². The van der Waals surface area contributed by atoms with Gasteiger partial charge in [0.05, 0.1) is 10.6 Å². The Morgan fingerprint density at radius 3 is 2.53 bits per heavy atom. The Kier molecular flexibility index (Phi) is 5.62. The van der Waals surface area contributed by atoms with Crippen LogP contribution in [0, 0.1) is 0 Å². The number of carbonyl (C=O) groups excluding carboxylic acids is 1. The maximum atomic E-state index is 11.0. The molecule has 1 rings (SSSR count). The molecule has 3 nitrogen and oxygen atoms in total. The molecule has 0 aliphatic carbocycles. The molecule has 0 amide bonds. The van der Waals surface area contributed by atoms with E-state index in [1.54, 1.807) is 0 Å². The molecule has 0 bridgehead atoms. The van der Waals surface area contributed by atoms with E-state index in [4.69, 9.17) is 0 Å². The topological polar surface area (TPSA) is 33.2 Å². The highest BCUT2D eigenvalue weighted by Gasteiger charge is 2.16. The highest BCUT2D eigenvalue weighted by atomic mass is 32.1. The second-order valence-corrected chi connectivity index (χ2v) is 5.46. The fourth-order valence-electron chi connectivity index (χ4n) is 1.70. The molecule has 1 aromatic rings. The molecule has 0 aliphatic heterocycles. The fourth-order valence-corrected chi connectivity index (χ4v) is 2.83. The monoisotopic (exact) mass is 254 g/mol. The van der Waals surface area contributed by atoms with E-state index in [9.17, 15) is 4.79 Å². The van der Waals surface area contributed by atoms with Gasteiger partial charge in [-0.2, -0.15) is 0 Å². The maximum Gasteiger partial charge on any atom is 0.186 e. The first-order chi connectivity index (χ1) is 8.13. The van der Waals surface area contributed by atoms with Crippen molar-refractivity contribution in [1.29, 1.82) is 0 Å². The summed E-state index contributed by atoms with van der Waals surface area (Å²) < 4.78 is 0. The molecule has 0 aliphatic rings. The number of hydrogen-bond donors (Lipinski definition) is 0. The molecule has 96 valence electrons. The lowest BCUT2D eigenvalue weighted by Crippen LogP contribution is -2.23. The smallest absolute Gasteiger partial charge is 0.186 e. The highest BCUT2D eigenvalue weighted by Crippen LogP contribution is 2.29. The minimum atomic E-state index is 0.310. The summed E-state index contributed by atoms with van der Waals surface area (Å²) in [6.45, 7) is 10.4. The Balaban J connectivity index is 2.92.